The molecule has 0 fully saturated rings. The van der Waals surface area contributed by atoms with Gasteiger partial charge in [-0.15, -0.1) is 11.3 Å². The van der Waals surface area contributed by atoms with Gasteiger partial charge in [-0.05, 0) is 18.2 Å². The molecule has 29 heavy (non-hydrogen) atoms. The first-order valence-electron chi connectivity index (χ1n) is 8.68. The molecule has 2 aromatic heterocycles. The molecule has 0 bridgehead atoms. The molecule has 0 aliphatic rings. The number of rotatable bonds is 6. The van der Waals surface area contributed by atoms with Gasteiger partial charge in [0.05, 0.1) is 19.7 Å². The van der Waals surface area contributed by atoms with Crippen molar-refractivity contribution in [1.29, 1.82) is 0 Å². The third-order valence-electron chi connectivity index (χ3n) is 4.30. The Balaban J connectivity index is 1.78. The summed E-state index contributed by atoms with van der Waals surface area (Å²) in [7, 11) is 3.18. The Bertz CT molecular complexity index is 1210. The van der Waals surface area contributed by atoms with Crippen LogP contribution in [-0.4, -0.2) is 34.3 Å². The first kappa shape index (κ1) is 18.7. The zero-order valence-electron chi connectivity index (χ0n) is 15.8. The largest absolute Gasteiger partial charge is 0.508 e. The number of thiazole rings is 1. The van der Waals surface area contributed by atoms with Crippen molar-refractivity contribution < 1.29 is 14.6 Å². The quantitative estimate of drug-likeness (QED) is 0.433. The van der Waals surface area contributed by atoms with Crippen LogP contribution in [0.25, 0.3) is 27.5 Å². The highest BCUT2D eigenvalue weighted by Crippen LogP contribution is 2.33. The highest BCUT2D eigenvalue weighted by atomic mass is 32.1. The number of anilines is 2. The van der Waals surface area contributed by atoms with E-state index in [1.54, 1.807) is 31.9 Å². The van der Waals surface area contributed by atoms with Gasteiger partial charge in [-0.25, -0.2) is 15.0 Å². The number of ether oxygens (including phenoxy) is 2. The summed E-state index contributed by atoms with van der Waals surface area (Å²) in [4.78, 5) is 14.4. The fourth-order valence-corrected chi connectivity index (χ4v) is 3.52. The van der Waals surface area contributed by atoms with E-state index in [2.05, 4.69) is 26.8 Å². The zero-order chi connectivity index (χ0) is 20.4. The molecular formula is C21H18N4O3S. The Morgan fingerprint density at radius 1 is 1.07 bits per heavy atom. The number of hydrogen-bond donors (Lipinski definition) is 2. The molecule has 4 rings (SSSR count). The van der Waals surface area contributed by atoms with Crippen molar-refractivity contribution in [2.75, 3.05) is 19.5 Å². The van der Waals surface area contributed by atoms with Crippen molar-refractivity contribution in [3.05, 3.63) is 60.1 Å². The summed E-state index contributed by atoms with van der Waals surface area (Å²) < 4.78 is 10.7. The van der Waals surface area contributed by atoms with Crippen LogP contribution < -0.4 is 14.8 Å². The number of benzene rings is 2. The predicted molar refractivity (Wildman–Crippen MR) is 115 cm³/mol. The van der Waals surface area contributed by atoms with Gasteiger partial charge in [0.15, 0.2) is 23.1 Å². The van der Waals surface area contributed by atoms with Gasteiger partial charge in [0.1, 0.15) is 16.1 Å². The lowest BCUT2D eigenvalue weighted by Crippen LogP contribution is -2.00. The number of nitrogens with one attached hydrogen (secondary N) is 1. The Hall–Kier alpha value is -3.65. The topological polar surface area (TPSA) is 89.4 Å². The first-order valence-corrected chi connectivity index (χ1v) is 9.56. The average molecular weight is 406 g/mol. The third kappa shape index (κ3) is 3.70. The standard InChI is InChI=1S/C21H18N4O3S/c1-12(26)13-5-4-6-14(9-13)19-24-20(18-21(25-19)29-11-22-18)23-15-7-8-16(27-2)17(10-15)28-3/h4-11,26H,1H2,2-3H3,(H,23,24,25). The monoisotopic (exact) mass is 406 g/mol. The second kappa shape index (κ2) is 7.76. The fraction of sp³-hybridized carbons (Fsp3) is 0.0952. The second-order valence-electron chi connectivity index (χ2n) is 6.12. The molecule has 4 aromatic rings. The van der Waals surface area contributed by atoms with Crippen LogP contribution in [-0.2, 0) is 0 Å². The molecule has 0 radical (unpaired) electrons. The maximum atomic E-state index is 9.70. The highest BCUT2D eigenvalue weighted by Gasteiger charge is 2.14. The van der Waals surface area contributed by atoms with Crippen LogP contribution in [0.5, 0.6) is 11.5 Å². The van der Waals surface area contributed by atoms with E-state index in [4.69, 9.17) is 9.47 Å². The van der Waals surface area contributed by atoms with E-state index in [0.717, 1.165) is 16.1 Å². The van der Waals surface area contributed by atoms with Gasteiger partial charge in [0.25, 0.3) is 0 Å². The number of aliphatic hydroxyl groups excluding tert-OH is 1. The number of aliphatic hydroxyl groups is 1. The van der Waals surface area contributed by atoms with Gasteiger partial charge in [-0.2, -0.15) is 0 Å². The van der Waals surface area contributed by atoms with Crippen LogP contribution in [0.15, 0.2) is 54.6 Å². The lowest BCUT2D eigenvalue weighted by molar-refractivity contribution is 0.355. The molecule has 0 unspecified atom stereocenters. The molecule has 0 saturated carbocycles. The van der Waals surface area contributed by atoms with Crippen molar-refractivity contribution in [3.8, 4) is 22.9 Å². The van der Waals surface area contributed by atoms with E-state index in [-0.39, 0.29) is 5.76 Å². The lowest BCUT2D eigenvalue weighted by atomic mass is 10.1. The summed E-state index contributed by atoms with van der Waals surface area (Å²) in [6.07, 6.45) is 0. The minimum atomic E-state index is -0.00519. The molecule has 0 saturated heterocycles. The zero-order valence-corrected chi connectivity index (χ0v) is 16.7. The molecule has 0 aliphatic heterocycles. The Kier molecular flexibility index (Phi) is 5.01. The summed E-state index contributed by atoms with van der Waals surface area (Å²) in [5.41, 5.74) is 4.57. The van der Waals surface area contributed by atoms with E-state index in [9.17, 15) is 5.11 Å². The highest BCUT2D eigenvalue weighted by molar-refractivity contribution is 7.16. The number of methoxy groups -OCH3 is 2. The number of aromatic nitrogens is 3. The normalized spacial score (nSPS) is 10.7. The molecular weight excluding hydrogens is 388 g/mol. The maximum absolute atomic E-state index is 9.70. The fourth-order valence-electron chi connectivity index (χ4n) is 2.87. The molecule has 0 atom stereocenters. The lowest BCUT2D eigenvalue weighted by Gasteiger charge is -2.12. The van der Waals surface area contributed by atoms with Crippen LogP contribution in [0.4, 0.5) is 11.5 Å². The Morgan fingerprint density at radius 3 is 2.66 bits per heavy atom. The van der Waals surface area contributed by atoms with Gasteiger partial charge >= 0.3 is 0 Å². The van der Waals surface area contributed by atoms with Crippen LogP contribution in [0.1, 0.15) is 5.56 Å². The Morgan fingerprint density at radius 2 is 1.90 bits per heavy atom. The van der Waals surface area contributed by atoms with Crippen LogP contribution in [0.2, 0.25) is 0 Å². The molecule has 0 aliphatic carbocycles. The molecule has 2 heterocycles. The number of nitrogens with zero attached hydrogens (tertiary/aromatic N) is 3. The molecule has 146 valence electrons. The van der Waals surface area contributed by atoms with E-state index < -0.39 is 0 Å². The SMILES string of the molecule is C=C(O)c1cccc(-c2nc(Nc3ccc(OC)c(OC)c3)c3ncsc3n2)c1. The second-order valence-corrected chi connectivity index (χ2v) is 6.96. The molecule has 8 heteroatoms. The summed E-state index contributed by atoms with van der Waals surface area (Å²) in [5, 5.41) is 13.0. The molecule has 0 amide bonds. The smallest absolute Gasteiger partial charge is 0.163 e. The molecule has 2 N–H and O–H groups in total. The van der Waals surface area contributed by atoms with Crippen molar-refractivity contribution in [1.82, 2.24) is 15.0 Å². The summed E-state index contributed by atoms with van der Waals surface area (Å²) >= 11 is 1.43. The van der Waals surface area contributed by atoms with E-state index in [1.807, 2.05) is 30.3 Å². The van der Waals surface area contributed by atoms with Gasteiger partial charge in [0.2, 0.25) is 0 Å². The van der Waals surface area contributed by atoms with E-state index >= 15 is 0 Å². The minimum absolute atomic E-state index is 0.00519. The van der Waals surface area contributed by atoms with Gasteiger partial charge in [-0.3, -0.25) is 0 Å². The van der Waals surface area contributed by atoms with Gasteiger partial charge < -0.3 is 19.9 Å². The third-order valence-corrected chi connectivity index (χ3v) is 5.02. The first-order chi connectivity index (χ1) is 14.1. The van der Waals surface area contributed by atoms with Crippen molar-refractivity contribution in [3.63, 3.8) is 0 Å². The number of fused-ring (bicyclic) bond motifs is 1. The molecule has 2 aromatic carbocycles. The average Bonchev–Trinajstić information content (AvgIpc) is 3.22. The van der Waals surface area contributed by atoms with Gasteiger partial charge in [-0.1, -0.05) is 24.8 Å². The Labute approximate surface area is 171 Å². The van der Waals surface area contributed by atoms with E-state index in [1.165, 1.54) is 11.3 Å². The minimum Gasteiger partial charge on any atom is -0.508 e. The van der Waals surface area contributed by atoms with Crippen LogP contribution in [0.3, 0.4) is 0 Å². The molecule has 0 spiro atoms. The van der Waals surface area contributed by atoms with Crippen molar-refractivity contribution in [2.24, 2.45) is 0 Å². The number of hydrogen-bond acceptors (Lipinski definition) is 8. The summed E-state index contributed by atoms with van der Waals surface area (Å²) in [6.45, 7) is 3.58. The summed E-state index contributed by atoms with van der Waals surface area (Å²) in [6, 6.07) is 12.8. The van der Waals surface area contributed by atoms with Crippen molar-refractivity contribution >= 4 is 38.9 Å². The van der Waals surface area contributed by atoms with Gasteiger partial charge in [0, 0.05) is 22.9 Å². The van der Waals surface area contributed by atoms with Crippen molar-refractivity contribution in [2.45, 2.75) is 0 Å². The predicted octanol–water partition coefficient (Wildman–Crippen LogP) is 5.04. The van der Waals surface area contributed by atoms with Crippen LogP contribution in [0, 0.1) is 0 Å². The van der Waals surface area contributed by atoms with E-state index in [0.29, 0.717) is 34.2 Å². The summed E-state index contributed by atoms with van der Waals surface area (Å²) in [5.74, 6) is 2.34. The maximum Gasteiger partial charge on any atom is 0.163 e. The van der Waals surface area contributed by atoms with Crippen LogP contribution >= 0.6 is 11.3 Å². The molecule has 7 nitrogen and oxygen atoms in total.